The number of hydrogen-bond acceptors (Lipinski definition) is 3. The van der Waals surface area contributed by atoms with Crippen LogP contribution in [0.3, 0.4) is 0 Å². The molecule has 0 saturated carbocycles. The Labute approximate surface area is 108 Å². The van der Waals surface area contributed by atoms with E-state index in [2.05, 4.69) is 5.32 Å². The number of nitrogens with zero attached hydrogens (tertiary/aromatic N) is 2. The molecule has 0 heterocycles. The molecule has 0 aromatic heterocycles. The molecule has 0 bridgehead atoms. The van der Waals surface area contributed by atoms with Gasteiger partial charge in [-0.3, -0.25) is 10.1 Å². The topological polar surface area (TPSA) is 52.7 Å². The number of halogens is 1. The molecule has 1 N–H and O–H groups in total. The summed E-state index contributed by atoms with van der Waals surface area (Å²) in [5.41, 5.74) is 0. The number of alkyl halides is 1. The van der Waals surface area contributed by atoms with Crippen molar-refractivity contribution in [3.63, 3.8) is 0 Å². The Morgan fingerprint density at radius 2 is 1.82 bits per heavy atom. The van der Waals surface area contributed by atoms with Gasteiger partial charge in [-0.15, -0.1) is 11.6 Å². The molecule has 0 fully saturated rings. The van der Waals surface area contributed by atoms with Crippen LogP contribution in [-0.2, 0) is 4.79 Å². The van der Waals surface area contributed by atoms with E-state index >= 15 is 0 Å². The summed E-state index contributed by atoms with van der Waals surface area (Å²) in [5.74, 6) is -0.466. The highest BCUT2D eigenvalue weighted by Gasteiger charge is 2.22. The fourth-order valence-electron chi connectivity index (χ4n) is 1.56. The lowest BCUT2D eigenvalue weighted by atomic mass is 10.3. The Morgan fingerprint density at radius 3 is 2.18 bits per heavy atom. The van der Waals surface area contributed by atoms with E-state index in [1.54, 1.807) is 4.90 Å². The van der Waals surface area contributed by atoms with Crippen LogP contribution in [0.4, 0.5) is 4.79 Å². The minimum absolute atomic E-state index is 0.0356. The van der Waals surface area contributed by atoms with Crippen LogP contribution in [-0.4, -0.2) is 60.3 Å². The molecule has 5 nitrogen and oxygen atoms in total. The van der Waals surface area contributed by atoms with Crippen molar-refractivity contribution in [3.8, 4) is 0 Å². The SMILES string of the molecule is CCN(C(=O)NC(=O)C(C)Cl)C(C)CN(C)C. The van der Waals surface area contributed by atoms with E-state index in [1.165, 1.54) is 6.92 Å². The molecule has 0 aliphatic heterocycles. The highest BCUT2D eigenvalue weighted by molar-refractivity contribution is 6.31. The number of urea groups is 1. The maximum absolute atomic E-state index is 11.8. The van der Waals surface area contributed by atoms with Crippen molar-refractivity contribution in [2.45, 2.75) is 32.2 Å². The van der Waals surface area contributed by atoms with Gasteiger partial charge in [-0.05, 0) is 34.9 Å². The summed E-state index contributed by atoms with van der Waals surface area (Å²) in [6.07, 6.45) is 0. The van der Waals surface area contributed by atoms with Crippen molar-refractivity contribution in [2.24, 2.45) is 0 Å². The van der Waals surface area contributed by atoms with E-state index in [0.717, 1.165) is 6.54 Å². The first-order chi connectivity index (χ1) is 7.79. The summed E-state index contributed by atoms with van der Waals surface area (Å²) in [4.78, 5) is 26.7. The van der Waals surface area contributed by atoms with Gasteiger partial charge in [-0.1, -0.05) is 0 Å². The predicted octanol–water partition coefficient (Wildman–Crippen LogP) is 1.12. The fraction of sp³-hybridized carbons (Fsp3) is 0.818. The van der Waals surface area contributed by atoms with Gasteiger partial charge in [-0.25, -0.2) is 4.79 Å². The number of likely N-dealkylation sites (N-methyl/N-ethyl adjacent to an activating group) is 2. The standard InChI is InChI=1S/C11H22ClN3O2/c1-6-15(8(2)7-14(4)5)11(17)13-10(16)9(3)12/h8-9H,6-7H2,1-5H3,(H,13,16,17). The molecular formula is C11H22ClN3O2. The third-order valence-corrected chi connectivity index (χ3v) is 2.55. The summed E-state index contributed by atoms with van der Waals surface area (Å²) in [6.45, 7) is 6.64. The molecule has 0 aliphatic rings. The lowest BCUT2D eigenvalue weighted by Crippen LogP contribution is -2.50. The van der Waals surface area contributed by atoms with Gasteiger partial charge in [0.2, 0.25) is 5.91 Å². The summed E-state index contributed by atoms with van der Waals surface area (Å²) < 4.78 is 0. The van der Waals surface area contributed by atoms with Gasteiger partial charge in [-0.2, -0.15) is 0 Å². The Morgan fingerprint density at radius 1 is 1.29 bits per heavy atom. The fourth-order valence-corrected chi connectivity index (χ4v) is 1.61. The average Bonchev–Trinajstić information content (AvgIpc) is 2.16. The third kappa shape index (κ3) is 5.89. The zero-order valence-corrected chi connectivity index (χ0v) is 11.9. The molecular weight excluding hydrogens is 242 g/mol. The van der Waals surface area contributed by atoms with Gasteiger partial charge < -0.3 is 9.80 Å². The largest absolute Gasteiger partial charge is 0.324 e. The third-order valence-electron chi connectivity index (χ3n) is 2.35. The average molecular weight is 264 g/mol. The van der Waals surface area contributed by atoms with Crippen molar-refractivity contribution in [3.05, 3.63) is 0 Å². The van der Waals surface area contributed by atoms with Crippen LogP contribution in [0, 0.1) is 0 Å². The lowest BCUT2D eigenvalue weighted by molar-refractivity contribution is -0.119. The Kier molecular flexibility index (Phi) is 7.15. The number of rotatable bonds is 5. The van der Waals surface area contributed by atoms with Gasteiger partial charge in [0.1, 0.15) is 5.38 Å². The van der Waals surface area contributed by atoms with Crippen LogP contribution in [0.15, 0.2) is 0 Å². The Balaban J connectivity index is 4.45. The first kappa shape index (κ1) is 16.2. The van der Waals surface area contributed by atoms with E-state index in [-0.39, 0.29) is 12.1 Å². The van der Waals surface area contributed by atoms with E-state index in [4.69, 9.17) is 11.6 Å². The lowest BCUT2D eigenvalue weighted by Gasteiger charge is -2.30. The van der Waals surface area contributed by atoms with Crippen molar-refractivity contribution >= 4 is 23.5 Å². The second kappa shape index (κ2) is 7.50. The molecule has 0 radical (unpaired) electrons. The van der Waals surface area contributed by atoms with Crippen molar-refractivity contribution in [1.82, 2.24) is 15.1 Å². The maximum Gasteiger partial charge on any atom is 0.324 e. The molecule has 0 aromatic carbocycles. The zero-order valence-electron chi connectivity index (χ0n) is 11.2. The monoisotopic (exact) mass is 263 g/mol. The second-order valence-electron chi connectivity index (χ2n) is 4.31. The molecule has 0 aliphatic carbocycles. The van der Waals surface area contributed by atoms with Gasteiger partial charge in [0.05, 0.1) is 0 Å². The van der Waals surface area contributed by atoms with Crippen LogP contribution < -0.4 is 5.32 Å². The molecule has 17 heavy (non-hydrogen) atoms. The van der Waals surface area contributed by atoms with Gasteiger partial charge in [0, 0.05) is 19.1 Å². The van der Waals surface area contributed by atoms with Crippen LogP contribution >= 0.6 is 11.6 Å². The highest BCUT2D eigenvalue weighted by Crippen LogP contribution is 2.02. The smallest absolute Gasteiger partial charge is 0.321 e. The summed E-state index contributed by atoms with van der Waals surface area (Å²) in [6, 6.07) is -0.354. The predicted molar refractivity (Wildman–Crippen MR) is 69.2 cm³/mol. The van der Waals surface area contributed by atoms with Crippen LogP contribution in [0.1, 0.15) is 20.8 Å². The number of carbonyl (C=O) groups excluding carboxylic acids is 2. The molecule has 2 atom stereocenters. The molecule has 0 saturated heterocycles. The zero-order chi connectivity index (χ0) is 13.6. The van der Waals surface area contributed by atoms with Crippen LogP contribution in [0.2, 0.25) is 0 Å². The number of imide groups is 1. The maximum atomic E-state index is 11.8. The minimum atomic E-state index is -0.707. The van der Waals surface area contributed by atoms with E-state index < -0.39 is 11.3 Å². The van der Waals surface area contributed by atoms with Gasteiger partial charge in [0.15, 0.2) is 0 Å². The Bertz CT molecular complexity index is 269. The molecule has 100 valence electrons. The first-order valence-corrected chi connectivity index (χ1v) is 6.13. The Hall–Kier alpha value is -0.810. The summed E-state index contributed by atoms with van der Waals surface area (Å²) in [5, 5.41) is 1.58. The molecule has 6 heteroatoms. The minimum Gasteiger partial charge on any atom is -0.321 e. The van der Waals surface area contributed by atoms with Crippen LogP contribution in [0.5, 0.6) is 0 Å². The van der Waals surface area contributed by atoms with Crippen molar-refractivity contribution in [1.29, 1.82) is 0 Å². The molecule has 2 unspecified atom stereocenters. The summed E-state index contributed by atoms with van der Waals surface area (Å²) >= 11 is 5.59. The number of hydrogen-bond donors (Lipinski definition) is 1. The second-order valence-corrected chi connectivity index (χ2v) is 4.96. The number of nitrogens with one attached hydrogen (secondary N) is 1. The number of carbonyl (C=O) groups is 2. The van der Waals surface area contributed by atoms with E-state index in [0.29, 0.717) is 6.54 Å². The molecule has 0 rings (SSSR count). The van der Waals surface area contributed by atoms with Gasteiger partial charge in [0.25, 0.3) is 0 Å². The van der Waals surface area contributed by atoms with Gasteiger partial charge >= 0.3 is 6.03 Å². The normalized spacial score (nSPS) is 14.3. The molecule has 3 amide bonds. The highest BCUT2D eigenvalue weighted by atomic mass is 35.5. The van der Waals surface area contributed by atoms with Crippen LogP contribution in [0.25, 0.3) is 0 Å². The van der Waals surface area contributed by atoms with E-state index in [1.807, 2.05) is 32.8 Å². The quantitative estimate of drug-likeness (QED) is 0.757. The first-order valence-electron chi connectivity index (χ1n) is 5.69. The summed E-state index contributed by atoms with van der Waals surface area (Å²) in [7, 11) is 3.88. The molecule has 0 spiro atoms. The number of amides is 3. The van der Waals surface area contributed by atoms with Crippen molar-refractivity contribution in [2.75, 3.05) is 27.2 Å². The molecule has 0 aromatic rings. The van der Waals surface area contributed by atoms with Crippen molar-refractivity contribution < 1.29 is 9.59 Å². The van der Waals surface area contributed by atoms with E-state index in [9.17, 15) is 9.59 Å².